The average Bonchev–Trinajstić information content (AvgIpc) is 3.32. The van der Waals surface area contributed by atoms with Crippen molar-refractivity contribution < 1.29 is 13.2 Å². The van der Waals surface area contributed by atoms with E-state index in [1.165, 1.54) is 31.5 Å². The van der Waals surface area contributed by atoms with Crippen LogP contribution in [0.5, 0.6) is 0 Å². The van der Waals surface area contributed by atoms with Gasteiger partial charge >= 0.3 is 0 Å². The number of aromatic nitrogens is 2. The molecule has 0 unspecified atom stereocenters. The lowest BCUT2D eigenvalue weighted by molar-refractivity contribution is 0.103. The zero-order valence-corrected chi connectivity index (χ0v) is 20.1. The predicted octanol–water partition coefficient (Wildman–Crippen LogP) is 4.51. The molecule has 0 aliphatic heterocycles. The molecule has 0 fully saturated rings. The topological polar surface area (TPSA) is 84.3 Å². The molecule has 32 heavy (non-hydrogen) atoms. The number of rotatable bonds is 5. The van der Waals surface area contributed by atoms with E-state index >= 15 is 0 Å². The molecule has 2 heterocycles. The maximum atomic E-state index is 13.1. The van der Waals surface area contributed by atoms with Gasteiger partial charge in [0.15, 0.2) is 0 Å². The highest BCUT2D eigenvalue weighted by Gasteiger charge is 2.22. The molecule has 0 saturated carbocycles. The quantitative estimate of drug-likeness (QED) is 0.467. The average molecular weight is 469 g/mol. The number of sulfonamides is 1. The van der Waals surface area contributed by atoms with Crippen LogP contribution < -0.4 is 5.32 Å². The molecule has 0 spiro atoms. The van der Waals surface area contributed by atoms with Crippen molar-refractivity contribution in [3.8, 4) is 5.69 Å². The Morgan fingerprint density at radius 2 is 1.75 bits per heavy atom. The van der Waals surface area contributed by atoms with Crippen LogP contribution in [0.25, 0.3) is 15.9 Å². The monoisotopic (exact) mass is 468 g/mol. The van der Waals surface area contributed by atoms with Crippen molar-refractivity contribution in [1.29, 1.82) is 0 Å². The van der Waals surface area contributed by atoms with E-state index in [0.29, 0.717) is 10.6 Å². The molecular weight excluding hydrogens is 444 g/mol. The van der Waals surface area contributed by atoms with Crippen molar-refractivity contribution in [3.63, 3.8) is 0 Å². The molecule has 1 amide bonds. The fourth-order valence-electron chi connectivity index (χ4n) is 3.40. The second-order valence-corrected chi connectivity index (χ2v) is 11.0. The first-order chi connectivity index (χ1) is 15.1. The third-order valence-corrected chi connectivity index (χ3v) is 8.34. The fraction of sp³-hybridized carbons (Fsp3) is 0.217. The Hall–Kier alpha value is -3.01. The van der Waals surface area contributed by atoms with Crippen LogP contribution in [0.4, 0.5) is 5.69 Å². The molecule has 0 aliphatic carbocycles. The minimum Gasteiger partial charge on any atom is -0.321 e. The number of anilines is 1. The molecule has 0 saturated heterocycles. The summed E-state index contributed by atoms with van der Waals surface area (Å²) in [5.41, 5.74) is 3.85. The Labute approximate surface area is 191 Å². The number of nitrogens with zero attached hydrogens (tertiary/aromatic N) is 3. The molecule has 0 aliphatic rings. The van der Waals surface area contributed by atoms with Gasteiger partial charge in [0.1, 0.15) is 4.83 Å². The molecule has 9 heteroatoms. The number of benzene rings is 2. The fourth-order valence-corrected chi connectivity index (χ4v) is 5.50. The third kappa shape index (κ3) is 3.83. The summed E-state index contributed by atoms with van der Waals surface area (Å²) < 4.78 is 28.2. The summed E-state index contributed by atoms with van der Waals surface area (Å²) in [6.45, 7) is 5.61. The standard InChI is InChI=1S/C23H24N4O3S2/c1-14-11-18(32(29,30)26(4)5)12-20(15(14)2)24-22(28)21-13-19-16(3)25-27(23(19)31-21)17-9-7-6-8-10-17/h6-13H,1-5H3,(H,24,28). The van der Waals surface area contributed by atoms with Gasteiger partial charge in [0, 0.05) is 25.2 Å². The summed E-state index contributed by atoms with van der Waals surface area (Å²) in [5, 5.41) is 8.43. The second kappa shape index (κ2) is 8.16. The van der Waals surface area contributed by atoms with Gasteiger partial charge in [-0.05, 0) is 62.2 Å². The SMILES string of the molecule is Cc1cc(S(=O)(=O)N(C)C)cc(NC(=O)c2cc3c(C)nn(-c4ccccc4)c3s2)c1C. The van der Waals surface area contributed by atoms with E-state index in [0.717, 1.165) is 37.0 Å². The molecule has 7 nitrogen and oxygen atoms in total. The molecule has 166 valence electrons. The van der Waals surface area contributed by atoms with Crippen LogP contribution in [0.3, 0.4) is 0 Å². The van der Waals surface area contributed by atoms with Gasteiger partial charge in [-0.15, -0.1) is 11.3 Å². The number of hydrogen-bond acceptors (Lipinski definition) is 5. The first kappa shape index (κ1) is 22.2. The van der Waals surface area contributed by atoms with Gasteiger partial charge in [-0.2, -0.15) is 5.10 Å². The maximum absolute atomic E-state index is 13.1. The van der Waals surface area contributed by atoms with Crippen molar-refractivity contribution in [2.24, 2.45) is 0 Å². The number of fused-ring (bicyclic) bond motifs is 1. The Bertz CT molecular complexity index is 1440. The summed E-state index contributed by atoms with van der Waals surface area (Å²) in [6, 6.07) is 14.7. The van der Waals surface area contributed by atoms with Crippen LogP contribution in [0.1, 0.15) is 26.5 Å². The summed E-state index contributed by atoms with van der Waals surface area (Å²) in [5.74, 6) is -0.285. The van der Waals surface area contributed by atoms with Gasteiger partial charge in [0.2, 0.25) is 10.0 Å². The molecule has 0 bridgehead atoms. The highest BCUT2D eigenvalue weighted by Crippen LogP contribution is 2.32. The van der Waals surface area contributed by atoms with Gasteiger partial charge in [0.25, 0.3) is 5.91 Å². The summed E-state index contributed by atoms with van der Waals surface area (Å²) in [6.07, 6.45) is 0. The predicted molar refractivity (Wildman–Crippen MR) is 128 cm³/mol. The van der Waals surface area contributed by atoms with Crippen molar-refractivity contribution in [1.82, 2.24) is 14.1 Å². The minimum atomic E-state index is -3.62. The highest BCUT2D eigenvalue weighted by molar-refractivity contribution is 7.89. The molecule has 2 aromatic heterocycles. The number of para-hydroxylation sites is 1. The molecule has 4 rings (SSSR count). The smallest absolute Gasteiger partial charge is 0.265 e. The second-order valence-electron chi connectivity index (χ2n) is 7.82. The minimum absolute atomic E-state index is 0.146. The lowest BCUT2D eigenvalue weighted by Gasteiger charge is -2.16. The maximum Gasteiger partial charge on any atom is 0.265 e. The molecular formula is C23H24N4O3S2. The molecule has 1 N–H and O–H groups in total. The van der Waals surface area contributed by atoms with Crippen LogP contribution >= 0.6 is 11.3 Å². The molecule has 0 atom stereocenters. The van der Waals surface area contributed by atoms with Crippen molar-refractivity contribution in [2.45, 2.75) is 25.7 Å². The van der Waals surface area contributed by atoms with Crippen molar-refractivity contribution >= 4 is 43.2 Å². The normalized spacial score (nSPS) is 11.9. The lowest BCUT2D eigenvalue weighted by atomic mass is 10.1. The Balaban J connectivity index is 1.72. The molecule has 0 radical (unpaired) electrons. The van der Waals surface area contributed by atoms with E-state index in [9.17, 15) is 13.2 Å². The van der Waals surface area contributed by atoms with Crippen molar-refractivity contribution in [2.75, 3.05) is 19.4 Å². The van der Waals surface area contributed by atoms with Gasteiger partial charge in [-0.25, -0.2) is 17.4 Å². The first-order valence-electron chi connectivity index (χ1n) is 9.99. The van der Waals surface area contributed by atoms with E-state index in [1.54, 1.807) is 6.07 Å². The van der Waals surface area contributed by atoms with Crippen LogP contribution in [0, 0.1) is 20.8 Å². The van der Waals surface area contributed by atoms with Crippen LogP contribution in [-0.2, 0) is 10.0 Å². The molecule has 2 aromatic carbocycles. The Morgan fingerprint density at radius 1 is 1.06 bits per heavy atom. The van der Waals surface area contributed by atoms with Gasteiger partial charge in [-0.1, -0.05) is 18.2 Å². The number of hydrogen-bond donors (Lipinski definition) is 1. The van der Waals surface area contributed by atoms with Crippen LogP contribution in [0.15, 0.2) is 53.4 Å². The van der Waals surface area contributed by atoms with E-state index in [-0.39, 0.29) is 10.8 Å². The third-order valence-electron chi connectivity index (χ3n) is 5.44. The van der Waals surface area contributed by atoms with Crippen LogP contribution in [0.2, 0.25) is 0 Å². The van der Waals surface area contributed by atoms with Crippen LogP contribution in [-0.4, -0.2) is 42.5 Å². The highest BCUT2D eigenvalue weighted by atomic mass is 32.2. The summed E-state index contributed by atoms with van der Waals surface area (Å²) in [7, 11) is -0.651. The van der Waals surface area contributed by atoms with Crippen molar-refractivity contribution in [3.05, 3.63) is 70.2 Å². The number of carbonyl (C=O) groups excluding carboxylic acids is 1. The van der Waals surface area contributed by atoms with E-state index < -0.39 is 10.0 Å². The van der Waals surface area contributed by atoms with Gasteiger partial charge < -0.3 is 5.32 Å². The lowest BCUT2D eigenvalue weighted by Crippen LogP contribution is -2.23. The number of amides is 1. The first-order valence-corrected chi connectivity index (χ1v) is 12.2. The van der Waals surface area contributed by atoms with E-state index in [4.69, 9.17) is 0 Å². The zero-order chi connectivity index (χ0) is 23.2. The number of thiophene rings is 1. The van der Waals surface area contributed by atoms with E-state index in [2.05, 4.69) is 10.4 Å². The molecule has 4 aromatic rings. The summed E-state index contributed by atoms with van der Waals surface area (Å²) in [4.78, 5) is 14.7. The Kier molecular flexibility index (Phi) is 5.66. The number of carbonyl (C=O) groups is 1. The van der Waals surface area contributed by atoms with Gasteiger partial charge in [0.05, 0.1) is 21.2 Å². The van der Waals surface area contributed by atoms with Gasteiger partial charge in [-0.3, -0.25) is 4.79 Å². The summed E-state index contributed by atoms with van der Waals surface area (Å²) >= 11 is 1.35. The Morgan fingerprint density at radius 3 is 2.41 bits per heavy atom. The zero-order valence-electron chi connectivity index (χ0n) is 18.5. The number of nitrogens with one attached hydrogen (secondary N) is 1. The largest absolute Gasteiger partial charge is 0.321 e. The number of aryl methyl sites for hydroxylation is 2. The van der Waals surface area contributed by atoms with E-state index in [1.807, 2.05) is 61.9 Å².